The number of hydrogen-bond donors (Lipinski definition) is 2. The lowest BCUT2D eigenvalue weighted by atomic mass is 10.1. The molecular formula is C12H15N5O4S. The third kappa shape index (κ3) is 3.12. The number of carbonyl (C=O) groups is 1. The minimum atomic E-state index is -3.83. The molecule has 0 aliphatic rings. The highest BCUT2D eigenvalue weighted by atomic mass is 32.2. The van der Waals surface area contributed by atoms with Crippen molar-refractivity contribution in [3.63, 3.8) is 0 Å². The normalized spacial score (nSPS) is 13.0. The molecule has 2 rings (SSSR count). The number of carboxylic acid groups (broad SMARTS) is 1. The number of sulfonamides is 1. The van der Waals surface area contributed by atoms with E-state index in [2.05, 4.69) is 20.2 Å². The van der Waals surface area contributed by atoms with Crippen molar-refractivity contribution in [2.75, 3.05) is 0 Å². The van der Waals surface area contributed by atoms with Crippen LogP contribution in [0.15, 0.2) is 23.1 Å². The average molecular weight is 325 g/mol. The van der Waals surface area contributed by atoms with Crippen LogP contribution in [0.5, 0.6) is 0 Å². The molecule has 1 aromatic heterocycles. The second kappa shape index (κ2) is 5.81. The number of nitrogens with zero attached hydrogens (tertiary/aromatic N) is 4. The van der Waals surface area contributed by atoms with E-state index in [0.29, 0.717) is 11.4 Å². The summed E-state index contributed by atoms with van der Waals surface area (Å²) >= 11 is 0. The number of hydrogen-bond acceptors (Lipinski definition) is 6. The lowest BCUT2D eigenvalue weighted by Gasteiger charge is -2.14. The van der Waals surface area contributed by atoms with Crippen LogP contribution in [0.2, 0.25) is 0 Å². The Morgan fingerprint density at radius 2 is 2.09 bits per heavy atom. The lowest BCUT2D eigenvalue weighted by Crippen LogP contribution is -2.29. The smallest absolute Gasteiger partial charge is 0.335 e. The van der Waals surface area contributed by atoms with Gasteiger partial charge in [-0.25, -0.2) is 22.6 Å². The van der Waals surface area contributed by atoms with Gasteiger partial charge in [0.2, 0.25) is 10.0 Å². The maximum Gasteiger partial charge on any atom is 0.335 e. The summed E-state index contributed by atoms with van der Waals surface area (Å²) in [5.74, 6) is -0.748. The number of carboxylic acids is 1. The number of aromatic carboxylic acids is 1. The maximum absolute atomic E-state index is 12.4. The van der Waals surface area contributed by atoms with Gasteiger partial charge in [0.05, 0.1) is 16.5 Å². The van der Waals surface area contributed by atoms with E-state index >= 15 is 0 Å². The van der Waals surface area contributed by atoms with Crippen molar-refractivity contribution in [3.8, 4) is 0 Å². The van der Waals surface area contributed by atoms with Gasteiger partial charge in [0.1, 0.15) is 0 Å². The van der Waals surface area contributed by atoms with Crippen molar-refractivity contribution in [2.24, 2.45) is 7.05 Å². The van der Waals surface area contributed by atoms with Crippen LogP contribution in [0.1, 0.15) is 34.7 Å². The Hall–Kier alpha value is -2.33. The fourth-order valence-corrected chi connectivity index (χ4v) is 3.46. The SMILES string of the molecule is Cc1cc(C(=O)O)ccc1S(=O)(=O)NC(C)c1nnnn1C. The van der Waals surface area contributed by atoms with E-state index in [4.69, 9.17) is 5.11 Å². The van der Waals surface area contributed by atoms with E-state index < -0.39 is 22.0 Å². The van der Waals surface area contributed by atoms with Crippen molar-refractivity contribution < 1.29 is 18.3 Å². The van der Waals surface area contributed by atoms with Crippen LogP contribution in [0.3, 0.4) is 0 Å². The molecule has 0 saturated heterocycles. The molecule has 10 heteroatoms. The molecule has 1 atom stereocenters. The molecule has 1 aromatic carbocycles. The zero-order chi connectivity index (χ0) is 16.5. The van der Waals surface area contributed by atoms with Crippen molar-refractivity contribution in [1.29, 1.82) is 0 Å². The van der Waals surface area contributed by atoms with E-state index in [-0.39, 0.29) is 10.5 Å². The Labute approximate surface area is 127 Å². The van der Waals surface area contributed by atoms with Crippen LogP contribution in [0.25, 0.3) is 0 Å². The van der Waals surface area contributed by atoms with Crippen LogP contribution >= 0.6 is 0 Å². The number of aryl methyl sites for hydroxylation is 2. The van der Waals surface area contributed by atoms with Gasteiger partial charge >= 0.3 is 5.97 Å². The van der Waals surface area contributed by atoms with Gasteiger partial charge in [-0.1, -0.05) is 0 Å². The summed E-state index contributed by atoms with van der Waals surface area (Å²) in [6, 6.07) is 3.19. The quantitative estimate of drug-likeness (QED) is 0.807. The predicted molar refractivity (Wildman–Crippen MR) is 75.7 cm³/mol. The number of benzene rings is 1. The molecule has 1 unspecified atom stereocenters. The number of rotatable bonds is 5. The van der Waals surface area contributed by atoms with Crippen molar-refractivity contribution >= 4 is 16.0 Å². The summed E-state index contributed by atoms with van der Waals surface area (Å²) in [5.41, 5.74) is 0.373. The third-order valence-electron chi connectivity index (χ3n) is 3.08. The minimum absolute atomic E-state index is 0.0134. The molecule has 118 valence electrons. The van der Waals surface area contributed by atoms with Crippen LogP contribution in [-0.2, 0) is 17.1 Å². The maximum atomic E-state index is 12.4. The van der Waals surface area contributed by atoms with Gasteiger partial charge in [-0.2, -0.15) is 0 Å². The second-order valence-electron chi connectivity index (χ2n) is 4.79. The second-order valence-corrected chi connectivity index (χ2v) is 6.47. The fraction of sp³-hybridized carbons (Fsp3) is 0.333. The molecule has 2 N–H and O–H groups in total. The Kier molecular flexibility index (Phi) is 4.24. The molecule has 22 heavy (non-hydrogen) atoms. The highest BCUT2D eigenvalue weighted by molar-refractivity contribution is 7.89. The van der Waals surface area contributed by atoms with Crippen LogP contribution in [0.4, 0.5) is 0 Å². The van der Waals surface area contributed by atoms with Crippen LogP contribution < -0.4 is 4.72 Å². The van der Waals surface area contributed by atoms with E-state index in [9.17, 15) is 13.2 Å². The van der Waals surface area contributed by atoms with Gasteiger partial charge in [-0.05, 0) is 48.0 Å². The largest absolute Gasteiger partial charge is 0.478 e. The van der Waals surface area contributed by atoms with E-state index in [1.807, 2.05) is 0 Å². The first-order valence-electron chi connectivity index (χ1n) is 6.31. The first-order chi connectivity index (χ1) is 10.2. The first-order valence-corrected chi connectivity index (χ1v) is 7.79. The van der Waals surface area contributed by atoms with E-state index in [1.54, 1.807) is 14.0 Å². The molecule has 0 saturated carbocycles. The minimum Gasteiger partial charge on any atom is -0.478 e. The molecule has 0 aliphatic carbocycles. The molecule has 2 aromatic rings. The number of aromatic nitrogens is 4. The summed E-state index contributed by atoms with van der Waals surface area (Å²) in [4.78, 5) is 10.9. The van der Waals surface area contributed by atoms with Gasteiger partial charge in [-0.3, -0.25) is 0 Å². The molecule has 9 nitrogen and oxygen atoms in total. The van der Waals surface area contributed by atoms with Crippen molar-refractivity contribution in [1.82, 2.24) is 24.9 Å². The molecule has 0 amide bonds. The molecule has 1 heterocycles. The molecule has 0 radical (unpaired) electrons. The van der Waals surface area contributed by atoms with Crippen molar-refractivity contribution in [2.45, 2.75) is 24.8 Å². The summed E-state index contributed by atoms with van der Waals surface area (Å²) < 4.78 is 28.7. The molecular weight excluding hydrogens is 310 g/mol. The lowest BCUT2D eigenvalue weighted by molar-refractivity contribution is 0.0696. The highest BCUT2D eigenvalue weighted by Crippen LogP contribution is 2.19. The van der Waals surface area contributed by atoms with Crippen LogP contribution in [-0.4, -0.2) is 39.7 Å². The standard InChI is InChI=1S/C12H15N5O4S/c1-7-6-9(12(18)19)4-5-10(7)22(20,21)14-8(2)11-13-15-16-17(11)3/h4-6,8,14H,1-3H3,(H,18,19). The Bertz CT molecular complexity index is 815. The van der Waals surface area contributed by atoms with E-state index in [1.165, 1.54) is 29.8 Å². The Morgan fingerprint density at radius 1 is 1.41 bits per heavy atom. The van der Waals surface area contributed by atoms with Gasteiger partial charge in [-0.15, -0.1) is 5.10 Å². The molecule has 0 bridgehead atoms. The van der Waals surface area contributed by atoms with Gasteiger partial charge < -0.3 is 5.11 Å². The van der Waals surface area contributed by atoms with Gasteiger partial charge in [0, 0.05) is 7.05 Å². The topological polar surface area (TPSA) is 127 Å². The van der Waals surface area contributed by atoms with Crippen LogP contribution in [0, 0.1) is 6.92 Å². The van der Waals surface area contributed by atoms with Gasteiger partial charge in [0.15, 0.2) is 5.82 Å². The summed E-state index contributed by atoms with van der Waals surface area (Å²) in [7, 11) is -2.22. The molecule has 0 fully saturated rings. The third-order valence-corrected chi connectivity index (χ3v) is 4.78. The Morgan fingerprint density at radius 3 is 2.59 bits per heavy atom. The highest BCUT2D eigenvalue weighted by Gasteiger charge is 2.23. The zero-order valence-corrected chi connectivity index (χ0v) is 13.0. The van der Waals surface area contributed by atoms with Gasteiger partial charge in [0.25, 0.3) is 0 Å². The summed E-state index contributed by atoms with van der Waals surface area (Å²) in [6.45, 7) is 3.15. The number of tetrazole rings is 1. The summed E-state index contributed by atoms with van der Waals surface area (Å²) in [5, 5.41) is 19.8. The first kappa shape index (κ1) is 16.0. The molecule has 0 spiro atoms. The van der Waals surface area contributed by atoms with E-state index in [0.717, 1.165) is 0 Å². The number of nitrogens with one attached hydrogen (secondary N) is 1. The Balaban J connectivity index is 2.31. The predicted octanol–water partition coefficient (Wildman–Crippen LogP) is 0.256. The fourth-order valence-electron chi connectivity index (χ4n) is 2.04. The zero-order valence-electron chi connectivity index (χ0n) is 12.2. The summed E-state index contributed by atoms with van der Waals surface area (Å²) in [6.07, 6.45) is 0. The average Bonchev–Trinajstić information content (AvgIpc) is 2.84. The monoisotopic (exact) mass is 325 g/mol. The van der Waals surface area contributed by atoms with Crippen molar-refractivity contribution in [3.05, 3.63) is 35.2 Å². The molecule has 0 aliphatic heterocycles.